The van der Waals surface area contributed by atoms with Crippen LogP contribution in [0.5, 0.6) is 0 Å². The second-order valence-electron chi connectivity index (χ2n) is 9.50. The molecule has 7 heteroatoms. The Morgan fingerprint density at radius 3 is 2.67 bits per heavy atom. The van der Waals surface area contributed by atoms with Crippen molar-refractivity contribution in [2.45, 2.75) is 83.7 Å². The van der Waals surface area contributed by atoms with Gasteiger partial charge in [-0.2, -0.15) is 0 Å². The molecule has 0 aromatic carbocycles. The van der Waals surface area contributed by atoms with Gasteiger partial charge in [0.2, 0.25) is 5.91 Å². The lowest BCUT2D eigenvalue weighted by Crippen LogP contribution is -2.46. The summed E-state index contributed by atoms with van der Waals surface area (Å²) in [4.78, 5) is 29.3. The number of imidazole rings is 1. The van der Waals surface area contributed by atoms with Crippen LogP contribution in [-0.4, -0.2) is 44.6 Å². The zero-order valence-electron chi connectivity index (χ0n) is 18.1. The fourth-order valence-corrected chi connectivity index (χ4v) is 5.54. The molecule has 2 fully saturated rings. The number of rotatable bonds is 3. The largest absolute Gasteiger partial charge is 0.355 e. The molecule has 5 rings (SSSR count). The SMILES string of the molecule is CC1CCCCC1NC(=O)C1CCN(c2ncnc3c2nc2n3CCCCC2)CC1. The fourth-order valence-electron chi connectivity index (χ4n) is 5.54. The number of nitrogens with zero attached hydrogens (tertiary/aromatic N) is 5. The monoisotopic (exact) mass is 410 g/mol. The van der Waals surface area contributed by atoms with Gasteiger partial charge in [0.1, 0.15) is 12.2 Å². The van der Waals surface area contributed by atoms with Crippen molar-refractivity contribution in [1.82, 2.24) is 24.8 Å². The number of amides is 1. The number of hydrogen-bond acceptors (Lipinski definition) is 5. The molecule has 4 heterocycles. The van der Waals surface area contributed by atoms with E-state index in [1.54, 1.807) is 6.33 Å². The average molecular weight is 411 g/mol. The number of fused-ring (bicyclic) bond motifs is 3. The molecule has 1 aliphatic carbocycles. The molecule has 30 heavy (non-hydrogen) atoms. The van der Waals surface area contributed by atoms with E-state index in [0.29, 0.717) is 12.0 Å². The lowest BCUT2D eigenvalue weighted by Gasteiger charge is -2.34. The molecule has 2 unspecified atom stereocenters. The molecule has 7 nitrogen and oxygen atoms in total. The van der Waals surface area contributed by atoms with E-state index < -0.39 is 0 Å². The number of carbonyl (C=O) groups is 1. The van der Waals surface area contributed by atoms with E-state index in [4.69, 9.17) is 4.98 Å². The maximum atomic E-state index is 12.9. The maximum absolute atomic E-state index is 12.9. The molecule has 2 aromatic rings. The zero-order valence-corrected chi connectivity index (χ0v) is 18.1. The van der Waals surface area contributed by atoms with Crippen molar-refractivity contribution in [2.24, 2.45) is 11.8 Å². The van der Waals surface area contributed by atoms with Crippen molar-refractivity contribution in [1.29, 1.82) is 0 Å². The molecule has 2 atom stereocenters. The van der Waals surface area contributed by atoms with Crippen LogP contribution in [0.3, 0.4) is 0 Å². The van der Waals surface area contributed by atoms with Crippen LogP contribution in [0.2, 0.25) is 0 Å². The van der Waals surface area contributed by atoms with Crippen molar-refractivity contribution in [3.05, 3.63) is 12.2 Å². The minimum atomic E-state index is 0.117. The van der Waals surface area contributed by atoms with E-state index in [0.717, 1.165) is 68.1 Å². The van der Waals surface area contributed by atoms with E-state index >= 15 is 0 Å². The Balaban J connectivity index is 1.26. The lowest BCUT2D eigenvalue weighted by atomic mass is 9.85. The van der Waals surface area contributed by atoms with Gasteiger partial charge in [0.05, 0.1) is 0 Å². The first-order valence-electron chi connectivity index (χ1n) is 12.0. The van der Waals surface area contributed by atoms with Gasteiger partial charge in [0.25, 0.3) is 0 Å². The predicted molar refractivity (Wildman–Crippen MR) is 117 cm³/mol. The first-order chi connectivity index (χ1) is 14.7. The molecule has 162 valence electrons. The molecule has 1 saturated carbocycles. The van der Waals surface area contributed by atoms with Gasteiger partial charge < -0.3 is 14.8 Å². The summed E-state index contributed by atoms with van der Waals surface area (Å²) in [6, 6.07) is 0.367. The Labute approximate surface area is 178 Å². The minimum absolute atomic E-state index is 0.117. The highest BCUT2D eigenvalue weighted by atomic mass is 16.2. The van der Waals surface area contributed by atoms with Crippen molar-refractivity contribution in [3.8, 4) is 0 Å². The molecular weight excluding hydrogens is 376 g/mol. The number of aromatic nitrogens is 4. The molecule has 2 aliphatic heterocycles. The fraction of sp³-hybridized carbons (Fsp3) is 0.739. The molecule has 3 aliphatic rings. The number of aryl methyl sites for hydroxylation is 2. The summed E-state index contributed by atoms with van der Waals surface area (Å²) in [5, 5.41) is 3.36. The molecule has 1 amide bonds. The van der Waals surface area contributed by atoms with Crippen LogP contribution in [0.25, 0.3) is 11.2 Å². The van der Waals surface area contributed by atoms with Crippen molar-refractivity contribution >= 4 is 22.9 Å². The summed E-state index contributed by atoms with van der Waals surface area (Å²) in [6.07, 6.45) is 13.0. The standard InChI is InChI=1S/C23H34N6O/c1-16-7-4-5-8-18(16)26-23(30)17-10-13-28(14-11-17)21-20-22(25-15-24-21)29-12-6-2-3-9-19(29)27-20/h15-18H,2-14H2,1H3,(H,26,30). The number of anilines is 1. The van der Waals surface area contributed by atoms with Crippen LogP contribution in [0.15, 0.2) is 6.33 Å². The zero-order chi connectivity index (χ0) is 20.5. The van der Waals surface area contributed by atoms with Gasteiger partial charge in [-0.15, -0.1) is 0 Å². The number of piperidine rings is 1. The Morgan fingerprint density at radius 2 is 1.83 bits per heavy atom. The van der Waals surface area contributed by atoms with Crippen molar-refractivity contribution in [3.63, 3.8) is 0 Å². The number of nitrogens with one attached hydrogen (secondary N) is 1. The van der Waals surface area contributed by atoms with Gasteiger partial charge in [-0.25, -0.2) is 15.0 Å². The summed E-state index contributed by atoms with van der Waals surface area (Å²) in [5.74, 6) is 3.08. The third-order valence-electron chi connectivity index (χ3n) is 7.48. The van der Waals surface area contributed by atoms with Gasteiger partial charge in [-0.1, -0.05) is 26.2 Å². The van der Waals surface area contributed by atoms with Gasteiger partial charge in [-0.3, -0.25) is 4.79 Å². The normalized spacial score (nSPS) is 25.7. The summed E-state index contributed by atoms with van der Waals surface area (Å²) in [7, 11) is 0. The highest BCUT2D eigenvalue weighted by Crippen LogP contribution is 2.30. The van der Waals surface area contributed by atoms with Crippen LogP contribution in [0.1, 0.15) is 70.5 Å². The average Bonchev–Trinajstić information content (AvgIpc) is 2.96. The summed E-state index contributed by atoms with van der Waals surface area (Å²) in [5.41, 5.74) is 1.91. The van der Waals surface area contributed by atoms with Crippen LogP contribution in [0, 0.1) is 11.8 Å². The van der Waals surface area contributed by atoms with Gasteiger partial charge in [-0.05, 0) is 44.4 Å². The van der Waals surface area contributed by atoms with E-state index in [2.05, 4.69) is 31.7 Å². The first kappa shape index (κ1) is 19.8. The summed E-state index contributed by atoms with van der Waals surface area (Å²) in [6.45, 7) is 4.99. The molecule has 0 radical (unpaired) electrons. The molecule has 0 spiro atoms. The topological polar surface area (TPSA) is 75.9 Å². The van der Waals surface area contributed by atoms with Crippen LogP contribution in [0.4, 0.5) is 5.82 Å². The highest BCUT2D eigenvalue weighted by molar-refractivity contribution is 5.84. The third kappa shape index (κ3) is 3.79. The Kier molecular flexibility index (Phi) is 5.61. The molecular formula is C23H34N6O. The molecule has 1 N–H and O–H groups in total. The second kappa shape index (κ2) is 8.52. The van der Waals surface area contributed by atoms with Crippen LogP contribution < -0.4 is 10.2 Å². The third-order valence-corrected chi connectivity index (χ3v) is 7.48. The smallest absolute Gasteiger partial charge is 0.223 e. The molecule has 0 bridgehead atoms. The van der Waals surface area contributed by atoms with Crippen molar-refractivity contribution < 1.29 is 4.79 Å². The van der Waals surface area contributed by atoms with Gasteiger partial charge in [0, 0.05) is 38.0 Å². The van der Waals surface area contributed by atoms with Gasteiger partial charge >= 0.3 is 0 Å². The lowest BCUT2D eigenvalue weighted by molar-refractivity contribution is -0.126. The number of hydrogen-bond donors (Lipinski definition) is 1. The Morgan fingerprint density at radius 1 is 1.00 bits per heavy atom. The minimum Gasteiger partial charge on any atom is -0.355 e. The summed E-state index contributed by atoms with van der Waals surface area (Å²) >= 11 is 0. The van der Waals surface area contributed by atoms with E-state index in [9.17, 15) is 4.79 Å². The molecule has 1 saturated heterocycles. The van der Waals surface area contributed by atoms with E-state index in [-0.39, 0.29) is 11.8 Å². The Bertz CT molecular complexity index is 900. The van der Waals surface area contributed by atoms with E-state index in [1.165, 1.54) is 38.5 Å². The quantitative estimate of drug-likeness (QED) is 0.839. The predicted octanol–water partition coefficient (Wildman–Crippen LogP) is 3.46. The summed E-state index contributed by atoms with van der Waals surface area (Å²) < 4.78 is 2.29. The van der Waals surface area contributed by atoms with Crippen molar-refractivity contribution in [2.75, 3.05) is 18.0 Å². The van der Waals surface area contributed by atoms with Crippen LogP contribution >= 0.6 is 0 Å². The maximum Gasteiger partial charge on any atom is 0.223 e. The van der Waals surface area contributed by atoms with Gasteiger partial charge in [0.15, 0.2) is 17.0 Å². The van der Waals surface area contributed by atoms with E-state index in [1.807, 2.05) is 0 Å². The highest BCUT2D eigenvalue weighted by Gasteiger charge is 2.30. The number of carbonyl (C=O) groups excluding carboxylic acids is 1. The first-order valence-corrected chi connectivity index (χ1v) is 12.0. The van der Waals surface area contributed by atoms with Crippen LogP contribution in [-0.2, 0) is 17.8 Å². The molecule has 2 aromatic heterocycles. The second-order valence-corrected chi connectivity index (χ2v) is 9.50. The Hall–Kier alpha value is -2.18.